The summed E-state index contributed by atoms with van der Waals surface area (Å²) in [4.78, 5) is 8.23. The fourth-order valence-corrected chi connectivity index (χ4v) is 1.40. The van der Waals surface area contributed by atoms with Gasteiger partial charge in [0.25, 0.3) is 0 Å². The Kier molecular flexibility index (Phi) is 3.72. The van der Waals surface area contributed by atoms with Crippen molar-refractivity contribution in [3.05, 3.63) is 42.1 Å². The summed E-state index contributed by atoms with van der Waals surface area (Å²) >= 11 is 0. The van der Waals surface area contributed by atoms with Crippen LogP contribution in [0.5, 0.6) is 11.6 Å². The number of hydrogen-bond donors (Lipinski definition) is 1. The van der Waals surface area contributed by atoms with Gasteiger partial charge in [0.1, 0.15) is 11.8 Å². The van der Waals surface area contributed by atoms with Crippen molar-refractivity contribution >= 4 is 5.95 Å². The van der Waals surface area contributed by atoms with Gasteiger partial charge >= 0.3 is 0 Å². The van der Waals surface area contributed by atoms with Crippen LogP contribution in [-0.2, 0) is 0 Å². The molecule has 1 N–H and O–H groups in total. The number of ether oxygens (including phenoxy) is 1. The smallest absolute Gasteiger partial charge is 0.225 e. The molecule has 2 aromatic rings. The Balaban J connectivity index is 2.23. The van der Waals surface area contributed by atoms with Crippen molar-refractivity contribution in [1.29, 1.82) is 5.26 Å². The van der Waals surface area contributed by atoms with Crippen molar-refractivity contribution in [3.8, 4) is 17.7 Å². The SMILES string of the molecule is CCNc1nccc(Oc2ccccc2C#N)n1. The van der Waals surface area contributed by atoms with E-state index in [-0.39, 0.29) is 0 Å². The van der Waals surface area contributed by atoms with E-state index in [9.17, 15) is 0 Å². The van der Waals surface area contributed by atoms with Gasteiger partial charge in [0.05, 0.1) is 5.56 Å². The maximum atomic E-state index is 8.96. The number of anilines is 1. The monoisotopic (exact) mass is 240 g/mol. The highest BCUT2D eigenvalue weighted by Gasteiger charge is 2.05. The van der Waals surface area contributed by atoms with Crippen molar-refractivity contribution in [1.82, 2.24) is 9.97 Å². The Morgan fingerprint density at radius 3 is 2.94 bits per heavy atom. The summed E-state index contributed by atoms with van der Waals surface area (Å²) in [7, 11) is 0. The van der Waals surface area contributed by atoms with Crippen LogP contribution < -0.4 is 10.1 Å². The van der Waals surface area contributed by atoms with Crippen LogP contribution >= 0.6 is 0 Å². The van der Waals surface area contributed by atoms with Crippen LogP contribution in [0.1, 0.15) is 12.5 Å². The lowest BCUT2D eigenvalue weighted by Crippen LogP contribution is -2.02. The molecule has 0 amide bonds. The molecule has 0 spiro atoms. The fourth-order valence-electron chi connectivity index (χ4n) is 1.40. The average Bonchev–Trinajstić information content (AvgIpc) is 2.40. The summed E-state index contributed by atoms with van der Waals surface area (Å²) in [6.07, 6.45) is 1.61. The van der Waals surface area contributed by atoms with Gasteiger partial charge < -0.3 is 10.1 Å². The number of hydrogen-bond acceptors (Lipinski definition) is 5. The second-order valence-corrected chi connectivity index (χ2v) is 3.46. The molecule has 5 heteroatoms. The molecule has 90 valence electrons. The van der Waals surface area contributed by atoms with E-state index in [1.165, 1.54) is 0 Å². The van der Waals surface area contributed by atoms with Gasteiger partial charge in [-0.1, -0.05) is 12.1 Å². The van der Waals surface area contributed by atoms with Crippen LogP contribution in [0, 0.1) is 11.3 Å². The topological polar surface area (TPSA) is 70.8 Å². The molecule has 0 saturated heterocycles. The molecular weight excluding hydrogens is 228 g/mol. The molecule has 0 radical (unpaired) electrons. The molecule has 1 aromatic carbocycles. The molecule has 0 bridgehead atoms. The molecular formula is C13H12N4O. The van der Waals surface area contributed by atoms with E-state index in [0.29, 0.717) is 23.1 Å². The van der Waals surface area contributed by atoms with E-state index in [1.807, 2.05) is 13.0 Å². The van der Waals surface area contributed by atoms with Gasteiger partial charge in [-0.05, 0) is 19.1 Å². The summed E-state index contributed by atoms with van der Waals surface area (Å²) < 4.78 is 5.57. The first-order chi connectivity index (χ1) is 8.83. The molecule has 1 aromatic heterocycles. The first-order valence-corrected chi connectivity index (χ1v) is 5.57. The summed E-state index contributed by atoms with van der Waals surface area (Å²) in [6, 6.07) is 10.7. The molecule has 0 aliphatic heterocycles. The van der Waals surface area contributed by atoms with Gasteiger partial charge in [-0.3, -0.25) is 0 Å². The average molecular weight is 240 g/mol. The standard InChI is InChI=1S/C13H12N4O/c1-2-15-13-16-8-7-12(17-13)18-11-6-4-3-5-10(11)9-14/h3-8H,2H2,1H3,(H,15,16,17). The predicted molar refractivity (Wildman–Crippen MR) is 67.4 cm³/mol. The summed E-state index contributed by atoms with van der Waals surface area (Å²) in [6.45, 7) is 2.69. The zero-order chi connectivity index (χ0) is 12.8. The third-order valence-electron chi connectivity index (χ3n) is 2.19. The number of rotatable bonds is 4. The Hall–Kier alpha value is -2.61. The lowest BCUT2D eigenvalue weighted by molar-refractivity contribution is 0.461. The van der Waals surface area contributed by atoms with E-state index in [4.69, 9.17) is 10.00 Å². The number of nitriles is 1. The molecule has 0 atom stereocenters. The highest BCUT2D eigenvalue weighted by Crippen LogP contribution is 2.23. The minimum atomic E-state index is 0.406. The molecule has 0 fully saturated rings. The van der Waals surface area contributed by atoms with E-state index < -0.39 is 0 Å². The Labute approximate surface area is 105 Å². The molecule has 0 saturated carbocycles. The maximum Gasteiger partial charge on any atom is 0.225 e. The highest BCUT2D eigenvalue weighted by atomic mass is 16.5. The molecule has 0 aliphatic carbocycles. The van der Waals surface area contributed by atoms with Crippen LogP contribution in [0.4, 0.5) is 5.95 Å². The molecule has 0 unspecified atom stereocenters. The normalized spacial score (nSPS) is 9.56. The molecule has 2 rings (SSSR count). The first kappa shape index (κ1) is 11.9. The van der Waals surface area contributed by atoms with Crippen LogP contribution in [0.2, 0.25) is 0 Å². The number of para-hydroxylation sites is 1. The van der Waals surface area contributed by atoms with Gasteiger partial charge in [0.15, 0.2) is 0 Å². The molecule has 0 aliphatic rings. The van der Waals surface area contributed by atoms with Gasteiger partial charge in [-0.25, -0.2) is 4.98 Å². The molecule has 1 heterocycles. The lowest BCUT2D eigenvalue weighted by Gasteiger charge is -2.07. The third kappa shape index (κ3) is 2.74. The molecule has 5 nitrogen and oxygen atoms in total. The van der Waals surface area contributed by atoms with Gasteiger partial charge in [0.2, 0.25) is 11.8 Å². The van der Waals surface area contributed by atoms with Crippen LogP contribution in [0.25, 0.3) is 0 Å². The summed E-state index contributed by atoms with van der Waals surface area (Å²) in [5.74, 6) is 1.40. The third-order valence-corrected chi connectivity index (χ3v) is 2.19. The Morgan fingerprint density at radius 1 is 1.33 bits per heavy atom. The quantitative estimate of drug-likeness (QED) is 0.889. The lowest BCUT2D eigenvalue weighted by atomic mass is 10.2. The number of aromatic nitrogens is 2. The summed E-state index contributed by atoms with van der Waals surface area (Å²) in [5.41, 5.74) is 0.473. The zero-order valence-corrected chi connectivity index (χ0v) is 9.92. The second-order valence-electron chi connectivity index (χ2n) is 3.46. The van der Waals surface area contributed by atoms with Crippen LogP contribution in [0.15, 0.2) is 36.5 Å². The van der Waals surface area contributed by atoms with Crippen molar-refractivity contribution < 1.29 is 4.74 Å². The Morgan fingerprint density at radius 2 is 2.17 bits per heavy atom. The van der Waals surface area contributed by atoms with E-state index in [0.717, 1.165) is 6.54 Å². The minimum Gasteiger partial charge on any atom is -0.437 e. The van der Waals surface area contributed by atoms with E-state index >= 15 is 0 Å². The number of nitrogens with one attached hydrogen (secondary N) is 1. The van der Waals surface area contributed by atoms with Gasteiger partial charge in [0, 0.05) is 18.8 Å². The number of nitrogens with zero attached hydrogens (tertiary/aromatic N) is 3. The highest BCUT2D eigenvalue weighted by molar-refractivity contribution is 5.44. The van der Waals surface area contributed by atoms with Gasteiger partial charge in [-0.15, -0.1) is 0 Å². The van der Waals surface area contributed by atoms with Crippen LogP contribution in [-0.4, -0.2) is 16.5 Å². The Bertz CT molecular complexity index is 577. The molecule has 18 heavy (non-hydrogen) atoms. The van der Waals surface area contributed by atoms with Crippen molar-refractivity contribution in [2.24, 2.45) is 0 Å². The zero-order valence-electron chi connectivity index (χ0n) is 9.92. The largest absolute Gasteiger partial charge is 0.437 e. The second kappa shape index (κ2) is 5.64. The van der Waals surface area contributed by atoms with E-state index in [1.54, 1.807) is 30.5 Å². The first-order valence-electron chi connectivity index (χ1n) is 5.57. The van der Waals surface area contributed by atoms with Crippen molar-refractivity contribution in [3.63, 3.8) is 0 Å². The van der Waals surface area contributed by atoms with Crippen molar-refractivity contribution in [2.75, 3.05) is 11.9 Å². The van der Waals surface area contributed by atoms with Crippen molar-refractivity contribution in [2.45, 2.75) is 6.92 Å². The predicted octanol–water partition coefficient (Wildman–Crippen LogP) is 2.57. The fraction of sp³-hybridized carbons (Fsp3) is 0.154. The number of benzene rings is 1. The maximum absolute atomic E-state index is 8.96. The minimum absolute atomic E-state index is 0.406. The van der Waals surface area contributed by atoms with E-state index in [2.05, 4.69) is 21.4 Å². The summed E-state index contributed by atoms with van der Waals surface area (Å²) in [5, 5.41) is 12.0. The van der Waals surface area contributed by atoms with Gasteiger partial charge in [-0.2, -0.15) is 10.2 Å². The van der Waals surface area contributed by atoms with Crippen LogP contribution in [0.3, 0.4) is 0 Å².